The normalized spacial score (nSPS) is 20.0. The van der Waals surface area contributed by atoms with Gasteiger partial charge in [0.15, 0.2) is 0 Å². The number of hydrogen-bond acceptors (Lipinski definition) is 4. The van der Waals surface area contributed by atoms with E-state index >= 15 is 0 Å². The highest BCUT2D eigenvalue weighted by Crippen LogP contribution is 2.24. The Morgan fingerprint density at radius 1 is 1.40 bits per heavy atom. The third-order valence-electron chi connectivity index (χ3n) is 3.72. The molecule has 2 rings (SSSR count). The number of methoxy groups -OCH3 is 1. The minimum atomic E-state index is 0.371. The first-order chi connectivity index (χ1) is 9.72. The number of ether oxygens (including phenoxy) is 2. The molecule has 1 heterocycles. The number of benzene rings is 1. The smallest absolute Gasteiger partial charge is 0.123 e. The van der Waals surface area contributed by atoms with E-state index in [4.69, 9.17) is 15.2 Å². The first-order valence-corrected chi connectivity index (χ1v) is 7.49. The van der Waals surface area contributed by atoms with Gasteiger partial charge in [-0.15, -0.1) is 0 Å². The zero-order chi connectivity index (χ0) is 14.4. The lowest BCUT2D eigenvalue weighted by atomic mass is 10.1. The molecule has 20 heavy (non-hydrogen) atoms. The van der Waals surface area contributed by atoms with Gasteiger partial charge in [-0.25, -0.2) is 0 Å². The van der Waals surface area contributed by atoms with Crippen LogP contribution in [0.25, 0.3) is 0 Å². The second kappa shape index (κ2) is 7.50. The van der Waals surface area contributed by atoms with E-state index < -0.39 is 0 Å². The predicted molar refractivity (Wildman–Crippen MR) is 81.9 cm³/mol. The van der Waals surface area contributed by atoms with Crippen molar-refractivity contribution < 1.29 is 9.47 Å². The molecule has 4 nitrogen and oxygen atoms in total. The highest BCUT2D eigenvalue weighted by Gasteiger charge is 2.21. The molecule has 0 spiro atoms. The molecule has 0 amide bonds. The van der Waals surface area contributed by atoms with Gasteiger partial charge in [-0.2, -0.15) is 0 Å². The van der Waals surface area contributed by atoms with Crippen molar-refractivity contribution in [1.29, 1.82) is 0 Å². The van der Waals surface area contributed by atoms with Crippen LogP contribution in [0.3, 0.4) is 0 Å². The van der Waals surface area contributed by atoms with Crippen LogP contribution in [0.15, 0.2) is 18.2 Å². The van der Waals surface area contributed by atoms with Crippen molar-refractivity contribution >= 4 is 5.69 Å². The maximum Gasteiger partial charge on any atom is 0.123 e. The van der Waals surface area contributed by atoms with E-state index in [1.165, 1.54) is 12.8 Å². The number of nitrogen functional groups attached to an aromatic ring is 1. The Hall–Kier alpha value is -1.26. The molecule has 1 atom stereocenters. The Morgan fingerprint density at radius 2 is 2.25 bits per heavy atom. The second-order valence-corrected chi connectivity index (χ2v) is 5.44. The highest BCUT2D eigenvalue weighted by molar-refractivity contribution is 5.47. The maximum absolute atomic E-state index is 5.88. The Balaban J connectivity index is 1.97. The van der Waals surface area contributed by atoms with E-state index in [2.05, 4.69) is 11.8 Å². The van der Waals surface area contributed by atoms with Crippen molar-refractivity contribution in [2.75, 3.05) is 32.5 Å². The fourth-order valence-corrected chi connectivity index (χ4v) is 2.74. The van der Waals surface area contributed by atoms with E-state index in [0.29, 0.717) is 6.10 Å². The summed E-state index contributed by atoms with van der Waals surface area (Å²) < 4.78 is 11.3. The minimum absolute atomic E-state index is 0.371. The lowest BCUT2D eigenvalue weighted by Gasteiger charge is -2.33. The molecule has 0 bridgehead atoms. The van der Waals surface area contributed by atoms with E-state index in [1.807, 2.05) is 18.2 Å². The van der Waals surface area contributed by atoms with Gasteiger partial charge in [0.2, 0.25) is 0 Å². The average molecular weight is 278 g/mol. The van der Waals surface area contributed by atoms with Crippen LogP contribution in [0.1, 0.15) is 31.7 Å². The maximum atomic E-state index is 5.88. The summed E-state index contributed by atoms with van der Waals surface area (Å²) in [7, 11) is 1.71. The summed E-state index contributed by atoms with van der Waals surface area (Å²) in [5.41, 5.74) is 7.83. The summed E-state index contributed by atoms with van der Waals surface area (Å²) in [5, 5.41) is 0. The molecule has 2 N–H and O–H groups in total. The number of anilines is 1. The molecular formula is C16H26N2O2. The number of nitrogens with zero attached hydrogens (tertiary/aromatic N) is 1. The quantitative estimate of drug-likeness (QED) is 0.813. The van der Waals surface area contributed by atoms with Crippen molar-refractivity contribution in [3.8, 4) is 5.75 Å². The SMILES string of the molecule is CCCOC1CCCN(Cc2cc(N)ccc2OC)C1. The van der Waals surface area contributed by atoms with Crippen molar-refractivity contribution in [3.63, 3.8) is 0 Å². The van der Waals surface area contributed by atoms with E-state index in [-0.39, 0.29) is 0 Å². The van der Waals surface area contributed by atoms with Crippen LogP contribution < -0.4 is 10.5 Å². The van der Waals surface area contributed by atoms with Gasteiger partial charge in [0.05, 0.1) is 13.2 Å². The van der Waals surface area contributed by atoms with Gasteiger partial charge < -0.3 is 15.2 Å². The van der Waals surface area contributed by atoms with Gasteiger partial charge in [-0.05, 0) is 44.0 Å². The molecule has 1 aromatic carbocycles. The highest BCUT2D eigenvalue weighted by atomic mass is 16.5. The molecule has 0 radical (unpaired) electrons. The number of nitrogens with two attached hydrogens (primary N) is 1. The van der Waals surface area contributed by atoms with Gasteiger partial charge in [-0.1, -0.05) is 6.92 Å². The first-order valence-electron chi connectivity index (χ1n) is 7.49. The molecule has 4 heteroatoms. The van der Waals surface area contributed by atoms with Crippen molar-refractivity contribution in [1.82, 2.24) is 4.90 Å². The minimum Gasteiger partial charge on any atom is -0.496 e. The van der Waals surface area contributed by atoms with Gasteiger partial charge in [-0.3, -0.25) is 4.90 Å². The van der Waals surface area contributed by atoms with Gasteiger partial charge in [0.1, 0.15) is 5.75 Å². The molecule has 1 aliphatic rings. The van der Waals surface area contributed by atoms with Crippen molar-refractivity contribution in [3.05, 3.63) is 23.8 Å². The third kappa shape index (κ3) is 4.12. The molecule has 1 aliphatic heterocycles. The van der Waals surface area contributed by atoms with Crippen LogP contribution in [-0.4, -0.2) is 37.8 Å². The second-order valence-electron chi connectivity index (χ2n) is 5.44. The van der Waals surface area contributed by atoms with Crippen molar-refractivity contribution in [2.45, 2.75) is 38.8 Å². The van der Waals surface area contributed by atoms with Crippen LogP contribution in [-0.2, 0) is 11.3 Å². The largest absolute Gasteiger partial charge is 0.496 e. The molecule has 112 valence electrons. The van der Waals surface area contributed by atoms with E-state index in [1.54, 1.807) is 7.11 Å². The van der Waals surface area contributed by atoms with Crippen LogP contribution in [0.5, 0.6) is 5.75 Å². The lowest BCUT2D eigenvalue weighted by Crippen LogP contribution is -2.39. The summed E-state index contributed by atoms with van der Waals surface area (Å²) in [6.07, 6.45) is 3.82. The fourth-order valence-electron chi connectivity index (χ4n) is 2.74. The van der Waals surface area contributed by atoms with Gasteiger partial charge in [0, 0.05) is 30.9 Å². The van der Waals surface area contributed by atoms with Crippen molar-refractivity contribution in [2.24, 2.45) is 0 Å². The standard InChI is InChI=1S/C16H26N2O2/c1-3-9-20-15-5-4-8-18(12-15)11-13-10-14(17)6-7-16(13)19-2/h6-7,10,15H,3-5,8-9,11-12,17H2,1-2H3. The van der Waals surface area contributed by atoms with Crippen LogP contribution in [0.2, 0.25) is 0 Å². The number of hydrogen-bond donors (Lipinski definition) is 1. The van der Waals surface area contributed by atoms with Crippen LogP contribution >= 0.6 is 0 Å². The lowest BCUT2D eigenvalue weighted by molar-refractivity contribution is -0.00237. The topological polar surface area (TPSA) is 47.7 Å². The molecular weight excluding hydrogens is 252 g/mol. The molecule has 1 saturated heterocycles. The van der Waals surface area contributed by atoms with E-state index in [9.17, 15) is 0 Å². The average Bonchev–Trinajstić information content (AvgIpc) is 2.46. The summed E-state index contributed by atoms with van der Waals surface area (Å²) in [6, 6.07) is 5.83. The van der Waals surface area contributed by atoms with Crippen LogP contribution in [0.4, 0.5) is 5.69 Å². The molecule has 0 aliphatic carbocycles. The number of likely N-dealkylation sites (tertiary alicyclic amines) is 1. The summed E-state index contributed by atoms with van der Waals surface area (Å²) in [5.74, 6) is 0.913. The zero-order valence-electron chi connectivity index (χ0n) is 12.6. The monoisotopic (exact) mass is 278 g/mol. The van der Waals surface area contributed by atoms with Gasteiger partial charge in [0.25, 0.3) is 0 Å². The Kier molecular flexibility index (Phi) is 5.68. The van der Waals surface area contributed by atoms with Gasteiger partial charge >= 0.3 is 0 Å². The number of piperidine rings is 1. The molecule has 1 aromatic rings. The summed E-state index contributed by atoms with van der Waals surface area (Å²) in [4.78, 5) is 2.43. The Bertz CT molecular complexity index is 423. The summed E-state index contributed by atoms with van der Waals surface area (Å²) in [6.45, 7) is 6.00. The molecule has 1 fully saturated rings. The Morgan fingerprint density at radius 3 is 3.00 bits per heavy atom. The third-order valence-corrected chi connectivity index (χ3v) is 3.72. The predicted octanol–water partition coefficient (Wildman–Crippen LogP) is 2.67. The number of rotatable bonds is 6. The zero-order valence-corrected chi connectivity index (χ0v) is 12.6. The van der Waals surface area contributed by atoms with Crippen LogP contribution in [0, 0.1) is 0 Å². The molecule has 0 aromatic heterocycles. The molecule has 0 saturated carbocycles. The first kappa shape index (κ1) is 15.1. The molecule has 1 unspecified atom stereocenters. The fraction of sp³-hybridized carbons (Fsp3) is 0.625. The summed E-state index contributed by atoms with van der Waals surface area (Å²) >= 11 is 0. The van der Waals surface area contributed by atoms with E-state index in [0.717, 1.165) is 49.7 Å². The Labute approximate surface area is 121 Å².